The predicted molar refractivity (Wildman–Crippen MR) is 74.8 cm³/mol. The molecule has 0 heterocycles. The van der Waals surface area contributed by atoms with Crippen LogP contribution >= 0.6 is 0 Å². The topological polar surface area (TPSA) is 37.3 Å². The summed E-state index contributed by atoms with van der Waals surface area (Å²) in [7, 11) is 0. The average Bonchev–Trinajstić information content (AvgIpc) is 2.35. The second-order valence-corrected chi connectivity index (χ2v) is 4.73. The Kier molecular flexibility index (Phi) is 6.20. The van der Waals surface area contributed by atoms with Gasteiger partial charge in [0.05, 0.1) is 5.92 Å². The first-order chi connectivity index (χ1) is 8.65. The number of aryl methyl sites for hydroxylation is 1. The van der Waals surface area contributed by atoms with Gasteiger partial charge < -0.3 is 5.11 Å². The molecule has 0 aliphatic rings. The minimum absolute atomic E-state index is 0.366. The molecule has 1 rings (SSSR count). The van der Waals surface area contributed by atoms with Gasteiger partial charge >= 0.3 is 5.97 Å². The highest BCUT2D eigenvalue weighted by Crippen LogP contribution is 2.23. The van der Waals surface area contributed by atoms with Gasteiger partial charge in [-0.25, -0.2) is 0 Å². The molecule has 2 heteroatoms. The van der Waals surface area contributed by atoms with Crippen molar-refractivity contribution < 1.29 is 9.90 Å². The highest BCUT2D eigenvalue weighted by Gasteiger charge is 2.18. The lowest BCUT2D eigenvalue weighted by Crippen LogP contribution is -2.11. The minimum atomic E-state index is -0.720. The van der Waals surface area contributed by atoms with Crippen LogP contribution < -0.4 is 0 Å². The van der Waals surface area contributed by atoms with Gasteiger partial charge in [-0.05, 0) is 31.7 Å². The van der Waals surface area contributed by atoms with E-state index in [9.17, 15) is 9.90 Å². The van der Waals surface area contributed by atoms with Gasteiger partial charge in [0.15, 0.2) is 0 Å². The van der Waals surface area contributed by atoms with Crippen LogP contribution in [0, 0.1) is 6.92 Å². The maximum Gasteiger partial charge on any atom is 0.310 e. The summed E-state index contributed by atoms with van der Waals surface area (Å²) in [5, 5.41) is 9.28. The fourth-order valence-corrected chi connectivity index (χ4v) is 2.05. The lowest BCUT2D eigenvalue weighted by Gasteiger charge is -2.12. The second-order valence-electron chi connectivity index (χ2n) is 4.73. The first kappa shape index (κ1) is 14.5. The van der Waals surface area contributed by atoms with Gasteiger partial charge in [-0.15, -0.1) is 6.58 Å². The van der Waals surface area contributed by atoms with E-state index < -0.39 is 5.97 Å². The third kappa shape index (κ3) is 4.74. The molecule has 1 atom stereocenters. The van der Waals surface area contributed by atoms with Crippen LogP contribution in [0.4, 0.5) is 0 Å². The van der Waals surface area contributed by atoms with E-state index in [1.54, 1.807) is 0 Å². The number of aliphatic carboxylic acids is 1. The molecule has 0 spiro atoms. The van der Waals surface area contributed by atoms with Crippen LogP contribution in [0.5, 0.6) is 0 Å². The molecule has 0 amide bonds. The summed E-state index contributed by atoms with van der Waals surface area (Å²) in [5.74, 6) is -1.09. The van der Waals surface area contributed by atoms with Crippen molar-refractivity contribution in [3.8, 4) is 0 Å². The number of rotatable bonds is 8. The predicted octanol–water partition coefficient (Wildman–Crippen LogP) is 4.30. The standard InChI is InChI=1S/C16H22O2/c1-3-4-5-6-7-8-15(16(17)18)14-11-9-13(2)10-12-14/h3,9-12,15H,1,4-8H2,2H3,(H,17,18). The zero-order valence-corrected chi connectivity index (χ0v) is 11.1. The van der Waals surface area contributed by atoms with Crippen LogP contribution in [0.1, 0.15) is 49.1 Å². The number of carbonyl (C=O) groups is 1. The van der Waals surface area contributed by atoms with Crippen molar-refractivity contribution in [1.29, 1.82) is 0 Å². The highest BCUT2D eigenvalue weighted by atomic mass is 16.4. The average molecular weight is 246 g/mol. The van der Waals surface area contributed by atoms with Gasteiger partial charge in [0.1, 0.15) is 0 Å². The first-order valence-electron chi connectivity index (χ1n) is 6.55. The molecule has 0 bridgehead atoms. The van der Waals surface area contributed by atoms with Crippen LogP contribution in [0.3, 0.4) is 0 Å². The van der Waals surface area contributed by atoms with E-state index in [0.29, 0.717) is 0 Å². The zero-order valence-electron chi connectivity index (χ0n) is 11.1. The van der Waals surface area contributed by atoms with Crippen molar-refractivity contribution in [2.45, 2.75) is 44.9 Å². The molecule has 0 aliphatic heterocycles. The molecule has 2 nitrogen and oxygen atoms in total. The monoisotopic (exact) mass is 246 g/mol. The Morgan fingerprint density at radius 1 is 1.28 bits per heavy atom. The van der Waals surface area contributed by atoms with Crippen LogP contribution in [-0.4, -0.2) is 11.1 Å². The summed E-state index contributed by atoms with van der Waals surface area (Å²) < 4.78 is 0. The maximum atomic E-state index is 11.3. The molecule has 0 aliphatic carbocycles. The Balaban J connectivity index is 2.52. The van der Waals surface area contributed by atoms with E-state index in [-0.39, 0.29) is 5.92 Å². The molecular weight excluding hydrogens is 224 g/mol. The molecule has 98 valence electrons. The Bertz CT molecular complexity index is 379. The summed E-state index contributed by atoms with van der Waals surface area (Å²) in [6.45, 7) is 5.69. The number of benzene rings is 1. The van der Waals surface area contributed by atoms with Crippen LogP contribution in [-0.2, 0) is 4.79 Å². The van der Waals surface area contributed by atoms with Crippen molar-refractivity contribution in [2.24, 2.45) is 0 Å². The van der Waals surface area contributed by atoms with Gasteiger partial charge in [-0.2, -0.15) is 0 Å². The normalized spacial score (nSPS) is 12.1. The molecule has 0 saturated carbocycles. The molecule has 18 heavy (non-hydrogen) atoms. The third-order valence-electron chi connectivity index (χ3n) is 3.18. The van der Waals surface area contributed by atoms with Crippen molar-refractivity contribution in [2.75, 3.05) is 0 Å². The minimum Gasteiger partial charge on any atom is -0.481 e. The summed E-state index contributed by atoms with van der Waals surface area (Å²) in [6.07, 6.45) is 6.77. The number of carboxylic acids is 1. The fraction of sp³-hybridized carbons (Fsp3) is 0.438. The Labute approximate surface area is 109 Å². The maximum absolute atomic E-state index is 11.3. The molecular formula is C16H22O2. The highest BCUT2D eigenvalue weighted by molar-refractivity contribution is 5.76. The lowest BCUT2D eigenvalue weighted by molar-refractivity contribution is -0.139. The second kappa shape index (κ2) is 7.70. The molecule has 1 unspecified atom stereocenters. The van der Waals surface area contributed by atoms with Crippen molar-refractivity contribution in [1.82, 2.24) is 0 Å². The van der Waals surface area contributed by atoms with Crippen molar-refractivity contribution in [3.63, 3.8) is 0 Å². The number of unbranched alkanes of at least 4 members (excludes halogenated alkanes) is 3. The fourth-order valence-electron chi connectivity index (χ4n) is 2.05. The summed E-state index contributed by atoms with van der Waals surface area (Å²) in [4.78, 5) is 11.3. The van der Waals surface area contributed by atoms with E-state index in [0.717, 1.165) is 43.2 Å². The molecule has 0 saturated heterocycles. The molecule has 1 N–H and O–H groups in total. The quantitative estimate of drug-likeness (QED) is 0.548. The van der Waals surface area contributed by atoms with Gasteiger partial charge in [0, 0.05) is 0 Å². The smallest absolute Gasteiger partial charge is 0.310 e. The molecule has 0 fully saturated rings. The Morgan fingerprint density at radius 2 is 1.94 bits per heavy atom. The Hall–Kier alpha value is -1.57. The molecule has 0 radical (unpaired) electrons. The van der Waals surface area contributed by atoms with E-state index in [1.165, 1.54) is 0 Å². The van der Waals surface area contributed by atoms with E-state index in [4.69, 9.17) is 0 Å². The zero-order chi connectivity index (χ0) is 13.4. The van der Waals surface area contributed by atoms with E-state index >= 15 is 0 Å². The third-order valence-corrected chi connectivity index (χ3v) is 3.18. The summed E-state index contributed by atoms with van der Waals surface area (Å²) in [5.41, 5.74) is 2.07. The van der Waals surface area contributed by atoms with Crippen LogP contribution in [0.2, 0.25) is 0 Å². The number of hydrogen-bond acceptors (Lipinski definition) is 1. The summed E-state index contributed by atoms with van der Waals surface area (Å²) in [6, 6.07) is 7.81. The number of carboxylic acid groups (broad SMARTS) is 1. The van der Waals surface area contributed by atoms with E-state index in [2.05, 4.69) is 6.58 Å². The van der Waals surface area contributed by atoms with E-state index in [1.807, 2.05) is 37.3 Å². The van der Waals surface area contributed by atoms with Gasteiger partial charge in [-0.3, -0.25) is 4.79 Å². The van der Waals surface area contributed by atoms with Gasteiger partial charge in [0.25, 0.3) is 0 Å². The lowest BCUT2D eigenvalue weighted by atomic mass is 9.92. The molecule has 1 aromatic carbocycles. The van der Waals surface area contributed by atoms with Crippen LogP contribution in [0.15, 0.2) is 36.9 Å². The van der Waals surface area contributed by atoms with Crippen LogP contribution in [0.25, 0.3) is 0 Å². The Morgan fingerprint density at radius 3 is 2.50 bits per heavy atom. The van der Waals surface area contributed by atoms with Crippen molar-refractivity contribution >= 4 is 5.97 Å². The first-order valence-corrected chi connectivity index (χ1v) is 6.55. The van der Waals surface area contributed by atoms with Gasteiger partial charge in [0.2, 0.25) is 0 Å². The van der Waals surface area contributed by atoms with Gasteiger partial charge in [-0.1, -0.05) is 48.7 Å². The van der Waals surface area contributed by atoms with Crippen molar-refractivity contribution in [3.05, 3.63) is 48.0 Å². The largest absolute Gasteiger partial charge is 0.481 e. The molecule has 0 aromatic heterocycles. The summed E-state index contributed by atoms with van der Waals surface area (Å²) >= 11 is 0. The molecule has 1 aromatic rings. The number of allylic oxidation sites excluding steroid dienone is 1. The SMILES string of the molecule is C=CCCCCCC(C(=O)O)c1ccc(C)cc1. The number of hydrogen-bond donors (Lipinski definition) is 1.